The number of carbonyl (C=O) groups excluding carboxylic acids is 1. The molecule has 0 atom stereocenters. The van der Waals surface area contributed by atoms with Crippen LogP contribution in [0.2, 0.25) is 0 Å². The number of nitro benzene ring substituents is 1. The van der Waals surface area contributed by atoms with Crippen LogP contribution in [0.5, 0.6) is 0 Å². The summed E-state index contributed by atoms with van der Waals surface area (Å²) in [5.41, 5.74) is 1.43. The van der Waals surface area contributed by atoms with Gasteiger partial charge in [-0.25, -0.2) is 0 Å². The minimum absolute atomic E-state index is 0.0720. The average molecular weight is 308 g/mol. The molecule has 2 N–H and O–H groups in total. The van der Waals surface area contributed by atoms with Gasteiger partial charge in [0.2, 0.25) is 0 Å². The van der Waals surface area contributed by atoms with E-state index in [1.54, 1.807) is 19.9 Å². The standard InChI is InChI=1S/C15H20N2O5/c1-10-8-11(2)13(17(21)22)9-12(10)15(20)16-7-5-3-4-6-14(18)19/h8-9H,3-7H2,1-2H3,(H,16,20)(H,18,19). The Morgan fingerprint density at radius 2 is 1.86 bits per heavy atom. The maximum atomic E-state index is 12.1. The third-order valence-corrected chi connectivity index (χ3v) is 3.34. The molecule has 0 aliphatic heterocycles. The topological polar surface area (TPSA) is 110 Å². The Balaban J connectivity index is 2.57. The zero-order chi connectivity index (χ0) is 16.7. The fraction of sp³-hybridized carbons (Fsp3) is 0.467. The van der Waals surface area contributed by atoms with Gasteiger partial charge in [0.05, 0.1) is 4.92 Å². The van der Waals surface area contributed by atoms with Crippen LogP contribution in [0.3, 0.4) is 0 Å². The van der Waals surface area contributed by atoms with Crippen molar-refractivity contribution in [2.45, 2.75) is 39.5 Å². The number of amides is 1. The first-order chi connectivity index (χ1) is 10.3. The maximum Gasteiger partial charge on any atom is 0.303 e. The van der Waals surface area contributed by atoms with Crippen molar-refractivity contribution < 1.29 is 19.6 Å². The normalized spacial score (nSPS) is 10.3. The highest BCUT2D eigenvalue weighted by Crippen LogP contribution is 2.22. The van der Waals surface area contributed by atoms with Crippen molar-refractivity contribution in [3.8, 4) is 0 Å². The molecule has 0 aromatic heterocycles. The van der Waals surface area contributed by atoms with Gasteiger partial charge in [0.25, 0.3) is 11.6 Å². The van der Waals surface area contributed by atoms with Gasteiger partial charge in [-0.3, -0.25) is 19.7 Å². The van der Waals surface area contributed by atoms with Crippen molar-refractivity contribution in [2.75, 3.05) is 6.54 Å². The molecular formula is C15H20N2O5. The summed E-state index contributed by atoms with van der Waals surface area (Å²) in [6.45, 7) is 3.79. The number of nitrogens with zero attached hydrogens (tertiary/aromatic N) is 1. The Morgan fingerprint density at radius 3 is 2.45 bits per heavy atom. The van der Waals surface area contributed by atoms with Gasteiger partial charge >= 0.3 is 5.97 Å². The molecule has 120 valence electrons. The number of rotatable bonds is 8. The van der Waals surface area contributed by atoms with Crippen LogP contribution < -0.4 is 5.32 Å². The Morgan fingerprint density at radius 1 is 1.18 bits per heavy atom. The molecule has 0 aliphatic rings. The average Bonchev–Trinajstić information content (AvgIpc) is 2.41. The summed E-state index contributed by atoms with van der Waals surface area (Å²) in [4.78, 5) is 32.8. The number of nitro groups is 1. The van der Waals surface area contributed by atoms with E-state index in [2.05, 4.69) is 5.32 Å². The molecule has 0 radical (unpaired) electrons. The first kappa shape index (κ1) is 17.6. The van der Waals surface area contributed by atoms with Crippen LogP contribution in [0.25, 0.3) is 0 Å². The molecule has 22 heavy (non-hydrogen) atoms. The Hall–Kier alpha value is -2.44. The van der Waals surface area contributed by atoms with E-state index in [1.807, 2.05) is 0 Å². The van der Waals surface area contributed by atoms with Crippen LogP contribution in [-0.4, -0.2) is 28.5 Å². The monoisotopic (exact) mass is 308 g/mol. The van der Waals surface area contributed by atoms with E-state index in [0.717, 1.165) is 0 Å². The van der Waals surface area contributed by atoms with Gasteiger partial charge in [-0.2, -0.15) is 0 Å². The Bertz CT molecular complexity index is 584. The number of hydrogen-bond acceptors (Lipinski definition) is 4. The van der Waals surface area contributed by atoms with E-state index in [-0.39, 0.29) is 18.0 Å². The molecule has 1 amide bonds. The minimum atomic E-state index is -0.827. The number of carbonyl (C=O) groups is 2. The van der Waals surface area contributed by atoms with Crippen molar-refractivity contribution >= 4 is 17.6 Å². The molecule has 0 unspecified atom stereocenters. The molecule has 1 rings (SSSR count). The van der Waals surface area contributed by atoms with Gasteiger partial charge in [0.15, 0.2) is 0 Å². The zero-order valence-corrected chi connectivity index (χ0v) is 12.7. The highest BCUT2D eigenvalue weighted by atomic mass is 16.6. The largest absolute Gasteiger partial charge is 0.481 e. The van der Waals surface area contributed by atoms with E-state index in [1.165, 1.54) is 6.07 Å². The first-order valence-corrected chi connectivity index (χ1v) is 7.08. The molecule has 7 nitrogen and oxygen atoms in total. The minimum Gasteiger partial charge on any atom is -0.481 e. The van der Waals surface area contributed by atoms with Crippen molar-refractivity contribution in [1.82, 2.24) is 5.32 Å². The number of benzene rings is 1. The van der Waals surface area contributed by atoms with Gasteiger partial charge in [-0.1, -0.05) is 6.42 Å². The van der Waals surface area contributed by atoms with E-state index in [4.69, 9.17) is 5.11 Å². The van der Waals surface area contributed by atoms with Crippen molar-refractivity contribution in [3.05, 3.63) is 38.9 Å². The maximum absolute atomic E-state index is 12.1. The van der Waals surface area contributed by atoms with Crippen molar-refractivity contribution in [1.29, 1.82) is 0 Å². The quantitative estimate of drug-likeness (QED) is 0.436. The second kappa shape index (κ2) is 8.11. The zero-order valence-electron chi connectivity index (χ0n) is 12.7. The summed E-state index contributed by atoms with van der Waals surface area (Å²) >= 11 is 0. The van der Waals surface area contributed by atoms with E-state index in [0.29, 0.717) is 42.5 Å². The van der Waals surface area contributed by atoms with Crippen LogP contribution in [0.15, 0.2) is 12.1 Å². The Labute approximate surface area is 128 Å². The van der Waals surface area contributed by atoms with Crippen LogP contribution in [0.1, 0.15) is 47.2 Å². The predicted octanol–water partition coefficient (Wildman–Crippen LogP) is 2.59. The molecule has 0 heterocycles. The molecule has 0 fully saturated rings. The summed E-state index contributed by atoms with van der Waals surface area (Å²) in [5.74, 6) is -1.18. The second-order valence-electron chi connectivity index (χ2n) is 5.17. The smallest absolute Gasteiger partial charge is 0.303 e. The summed E-state index contributed by atoms with van der Waals surface area (Å²) in [7, 11) is 0. The van der Waals surface area contributed by atoms with Crippen molar-refractivity contribution in [3.63, 3.8) is 0 Å². The van der Waals surface area contributed by atoms with Crippen LogP contribution in [-0.2, 0) is 4.79 Å². The Kier molecular flexibility index (Phi) is 6.49. The lowest BCUT2D eigenvalue weighted by Crippen LogP contribution is -2.25. The van der Waals surface area contributed by atoms with Gasteiger partial charge in [-0.05, 0) is 38.3 Å². The lowest BCUT2D eigenvalue weighted by molar-refractivity contribution is -0.385. The number of carboxylic acid groups (broad SMARTS) is 1. The molecule has 1 aromatic rings. The molecule has 7 heteroatoms. The number of hydrogen-bond donors (Lipinski definition) is 2. The highest BCUT2D eigenvalue weighted by molar-refractivity contribution is 5.96. The number of unbranched alkanes of at least 4 members (excludes halogenated alkanes) is 2. The van der Waals surface area contributed by atoms with E-state index in [9.17, 15) is 19.7 Å². The molecule has 0 spiro atoms. The number of aliphatic carboxylic acids is 1. The number of aryl methyl sites for hydroxylation is 2. The van der Waals surface area contributed by atoms with Crippen molar-refractivity contribution in [2.24, 2.45) is 0 Å². The molecule has 0 saturated carbocycles. The van der Waals surface area contributed by atoms with Crippen LogP contribution >= 0.6 is 0 Å². The summed E-state index contributed by atoms with van der Waals surface area (Å²) in [6.07, 6.45) is 2.07. The van der Waals surface area contributed by atoms with Gasteiger partial charge in [-0.15, -0.1) is 0 Å². The van der Waals surface area contributed by atoms with Crippen LogP contribution in [0.4, 0.5) is 5.69 Å². The first-order valence-electron chi connectivity index (χ1n) is 7.08. The van der Waals surface area contributed by atoms with Gasteiger partial charge in [0, 0.05) is 30.2 Å². The predicted molar refractivity (Wildman–Crippen MR) is 81.0 cm³/mol. The number of nitrogens with one attached hydrogen (secondary N) is 1. The SMILES string of the molecule is Cc1cc(C)c([N+](=O)[O-])cc1C(=O)NCCCCCC(=O)O. The lowest BCUT2D eigenvalue weighted by Gasteiger charge is -2.09. The summed E-state index contributed by atoms with van der Waals surface area (Å²) < 4.78 is 0. The summed E-state index contributed by atoms with van der Waals surface area (Å²) in [5, 5.41) is 22.1. The molecule has 0 bridgehead atoms. The molecular weight excluding hydrogens is 288 g/mol. The summed E-state index contributed by atoms with van der Waals surface area (Å²) in [6, 6.07) is 2.92. The third kappa shape index (κ3) is 5.16. The van der Waals surface area contributed by atoms with Crippen LogP contribution in [0, 0.1) is 24.0 Å². The van der Waals surface area contributed by atoms with Gasteiger partial charge < -0.3 is 10.4 Å². The number of carboxylic acids is 1. The highest BCUT2D eigenvalue weighted by Gasteiger charge is 2.17. The third-order valence-electron chi connectivity index (χ3n) is 3.34. The molecule has 0 saturated heterocycles. The fourth-order valence-electron chi connectivity index (χ4n) is 2.16. The van der Waals surface area contributed by atoms with E-state index >= 15 is 0 Å². The fourth-order valence-corrected chi connectivity index (χ4v) is 2.16. The molecule has 1 aromatic carbocycles. The van der Waals surface area contributed by atoms with E-state index < -0.39 is 10.9 Å². The van der Waals surface area contributed by atoms with Gasteiger partial charge in [0.1, 0.15) is 0 Å². The lowest BCUT2D eigenvalue weighted by atomic mass is 10.0. The molecule has 0 aliphatic carbocycles. The second-order valence-corrected chi connectivity index (χ2v) is 5.17.